The molecule has 6 nitrogen and oxygen atoms in total. The molecular weight excluding hydrogens is 431 g/mol. The molecule has 10 heteroatoms. The Balaban J connectivity index is 1.83. The molecule has 0 fully saturated rings. The van der Waals surface area contributed by atoms with Crippen molar-refractivity contribution in [2.45, 2.75) is 6.61 Å². The van der Waals surface area contributed by atoms with Crippen molar-refractivity contribution in [2.24, 2.45) is 5.10 Å². The summed E-state index contributed by atoms with van der Waals surface area (Å²) in [5, 5.41) is 11.8. The molecule has 0 radical (unpaired) electrons. The number of hydrogen-bond donors (Lipinski definition) is 1. The van der Waals surface area contributed by atoms with Gasteiger partial charge in [-0.1, -0.05) is 34.8 Å². The van der Waals surface area contributed by atoms with E-state index < -0.39 is 0 Å². The number of methoxy groups -OCH3 is 1. The first-order valence-corrected chi connectivity index (χ1v) is 9.13. The van der Waals surface area contributed by atoms with Crippen LogP contribution in [0.25, 0.3) is 0 Å². The van der Waals surface area contributed by atoms with E-state index in [0.717, 1.165) is 11.1 Å². The van der Waals surface area contributed by atoms with Crippen LogP contribution in [0.1, 0.15) is 11.1 Å². The number of rotatable bonds is 6. The number of H-pyrrole nitrogens is 1. The molecule has 1 N–H and O–H groups in total. The highest BCUT2D eigenvalue weighted by Gasteiger charge is 2.11. The van der Waals surface area contributed by atoms with Crippen molar-refractivity contribution < 1.29 is 9.47 Å². The maximum absolute atomic E-state index is 6.16. The Hall–Kier alpha value is -2.06. The van der Waals surface area contributed by atoms with Crippen LogP contribution in [0.2, 0.25) is 15.1 Å². The molecule has 0 amide bonds. The van der Waals surface area contributed by atoms with Gasteiger partial charge in [0.25, 0.3) is 0 Å². The first kappa shape index (κ1) is 19.7. The first-order valence-electron chi connectivity index (χ1n) is 7.58. The third-order valence-corrected chi connectivity index (χ3v) is 4.56. The minimum absolute atomic E-state index is 0.192. The van der Waals surface area contributed by atoms with Crippen molar-refractivity contribution in [3.05, 3.63) is 67.6 Å². The van der Waals surface area contributed by atoms with E-state index in [1.54, 1.807) is 25.5 Å². The van der Waals surface area contributed by atoms with Crippen molar-refractivity contribution in [3.63, 3.8) is 0 Å². The summed E-state index contributed by atoms with van der Waals surface area (Å²) < 4.78 is 13.0. The largest absolute Gasteiger partial charge is 0.496 e. The second-order valence-corrected chi connectivity index (χ2v) is 6.95. The summed E-state index contributed by atoms with van der Waals surface area (Å²) in [6.45, 7) is 0.192. The van der Waals surface area contributed by atoms with Crippen molar-refractivity contribution in [1.29, 1.82) is 0 Å². The average molecular weight is 444 g/mol. The molecule has 0 atom stereocenters. The quantitative estimate of drug-likeness (QED) is 0.411. The maximum Gasteiger partial charge on any atom is 0.216 e. The third kappa shape index (κ3) is 4.81. The monoisotopic (exact) mass is 442 g/mol. The van der Waals surface area contributed by atoms with E-state index in [1.165, 1.54) is 11.0 Å². The van der Waals surface area contributed by atoms with Crippen LogP contribution in [0.4, 0.5) is 0 Å². The number of nitrogens with one attached hydrogen (secondary N) is 1. The molecule has 0 spiro atoms. The normalized spacial score (nSPS) is 11.1. The van der Waals surface area contributed by atoms with Crippen molar-refractivity contribution in [2.75, 3.05) is 7.11 Å². The summed E-state index contributed by atoms with van der Waals surface area (Å²) in [6.07, 6.45) is 3.13. The minimum Gasteiger partial charge on any atom is -0.496 e. The summed E-state index contributed by atoms with van der Waals surface area (Å²) in [7, 11) is 1.58. The van der Waals surface area contributed by atoms with E-state index in [9.17, 15) is 0 Å². The van der Waals surface area contributed by atoms with Crippen LogP contribution in [0, 0.1) is 4.77 Å². The molecule has 0 unspecified atom stereocenters. The van der Waals surface area contributed by atoms with Gasteiger partial charge in [-0.3, -0.25) is 5.10 Å². The fourth-order valence-electron chi connectivity index (χ4n) is 2.26. The molecule has 0 aliphatic heterocycles. The standard InChI is InChI=1S/C17H13Cl3N4O2S/c1-25-15-3-2-10(7-22-24-9-21-23-17(24)27)4-11(15)8-26-16-13(19)5-12(18)6-14(16)20/h2-7,9H,8H2,1H3,(H,23,27)/b22-7-. The fraction of sp³-hybridized carbons (Fsp3) is 0.118. The van der Waals surface area contributed by atoms with Crippen LogP contribution >= 0.6 is 47.0 Å². The molecule has 3 aromatic rings. The Morgan fingerprint density at radius 3 is 2.59 bits per heavy atom. The SMILES string of the molecule is COc1ccc(/C=N\n2cn[nH]c2=S)cc1COc1c(Cl)cc(Cl)cc1Cl. The number of benzene rings is 2. The summed E-state index contributed by atoms with van der Waals surface area (Å²) >= 11 is 23.3. The van der Waals surface area contributed by atoms with Gasteiger partial charge in [-0.15, -0.1) is 0 Å². The van der Waals surface area contributed by atoms with Gasteiger partial charge in [0.1, 0.15) is 18.7 Å². The fourth-order valence-corrected chi connectivity index (χ4v) is 3.34. The molecule has 2 aromatic carbocycles. The second-order valence-electron chi connectivity index (χ2n) is 5.31. The Morgan fingerprint density at radius 1 is 1.22 bits per heavy atom. The first-order chi connectivity index (χ1) is 13.0. The van der Waals surface area contributed by atoms with E-state index in [0.29, 0.717) is 31.3 Å². The average Bonchev–Trinajstić information content (AvgIpc) is 3.04. The van der Waals surface area contributed by atoms with E-state index >= 15 is 0 Å². The Kier molecular flexibility index (Phi) is 6.38. The highest BCUT2D eigenvalue weighted by Crippen LogP contribution is 2.36. The number of ether oxygens (including phenoxy) is 2. The van der Waals surface area contributed by atoms with Gasteiger partial charge >= 0.3 is 0 Å². The maximum atomic E-state index is 6.16. The number of hydrogen-bond acceptors (Lipinski definition) is 5. The van der Waals surface area contributed by atoms with Crippen LogP contribution in [0.5, 0.6) is 11.5 Å². The molecule has 0 saturated heterocycles. The molecular formula is C17H13Cl3N4O2S. The zero-order valence-electron chi connectivity index (χ0n) is 13.9. The predicted molar refractivity (Wildman–Crippen MR) is 109 cm³/mol. The zero-order chi connectivity index (χ0) is 19.4. The Bertz CT molecular complexity index is 1030. The lowest BCUT2D eigenvalue weighted by atomic mass is 10.1. The van der Waals surface area contributed by atoms with Gasteiger partial charge in [-0.25, -0.2) is 0 Å². The van der Waals surface area contributed by atoms with E-state index in [1.807, 2.05) is 18.2 Å². The number of aromatic nitrogens is 3. The highest BCUT2D eigenvalue weighted by molar-refractivity contribution is 7.71. The van der Waals surface area contributed by atoms with Crippen LogP contribution in [-0.4, -0.2) is 28.2 Å². The summed E-state index contributed by atoms with van der Waals surface area (Å²) in [5.41, 5.74) is 1.62. The Morgan fingerprint density at radius 2 is 1.96 bits per heavy atom. The van der Waals surface area contributed by atoms with Gasteiger partial charge in [0, 0.05) is 10.6 Å². The molecule has 27 heavy (non-hydrogen) atoms. The van der Waals surface area contributed by atoms with Gasteiger partial charge in [0.05, 0.1) is 23.4 Å². The topological polar surface area (TPSA) is 64.4 Å². The van der Waals surface area contributed by atoms with Crippen LogP contribution in [-0.2, 0) is 6.61 Å². The van der Waals surface area contributed by atoms with Crippen LogP contribution in [0.3, 0.4) is 0 Å². The molecule has 140 valence electrons. The van der Waals surface area contributed by atoms with E-state index in [2.05, 4.69) is 15.3 Å². The lowest BCUT2D eigenvalue weighted by Gasteiger charge is -2.13. The molecule has 0 aliphatic carbocycles. The zero-order valence-corrected chi connectivity index (χ0v) is 17.0. The van der Waals surface area contributed by atoms with Crippen molar-refractivity contribution >= 4 is 53.2 Å². The lowest BCUT2D eigenvalue weighted by Crippen LogP contribution is -2.01. The molecule has 0 bridgehead atoms. The third-order valence-electron chi connectivity index (χ3n) is 3.51. The lowest BCUT2D eigenvalue weighted by molar-refractivity contribution is 0.297. The molecule has 3 rings (SSSR count). The molecule has 1 heterocycles. The number of halogens is 3. The number of nitrogens with zero attached hydrogens (tertiary/aromatic N) is 3. The summed E-state index contributed by atoms with van der Waals surface area (Å²) in [6, 6.07) is 8.69. The van der Waals surface area contributed by atoms with Gasteiger partial charge in [0.15, 0.2) is 5.75 Å². The van der Waals surface area contributed by atoms with Gasteiger partial charge in [-0.05, 0) is 48.1 Å². The van der Waals surface area contributed by atoms with Crippen molar-refractivity contribution in [1.82, 2.24) is 14.9 Å². The number of aromatic amines is 1. The molecule has 0 aliphatic rings. The summed E-state index contributed by atoms with van der Waals surface area (Å²) in [4.78, 5) is 0. The van der Waals surface area contributed by atoms with Crippen LogP contribution < -0.4 is 9.47 Å². The summed E-state index contributed by atoms with van der Waals surface area (Å²) in [5.74, 6) is 1.02. The van der Waals surface area contributed by atoms with Crippen LogP contribution in [0.15, 0.2) is 41.8 Å². The Labute approximate surface area is 175 Å². The van der Waals surface area contributed by atoms with Crippen molar-refractivity contribution in [3.8, 4) is 11.5 Å². The second kappa shape index (κ2) is 8.75. The van der Waals surface area contributed by atoms with Gasteiger partial charge in [0.2, 0.25) is 4.77 Å². The predicted octanol–water partition coefficient (Wildman–Crippen LogP) is 5.37. The minimum atomic E-state index is 0.192. The van der Waals surface area contributed by atoms with E-state index in [4.69, 9.17) is 56.5 Å². The molecule has 1 aromatic heterocycles. The molecule has 0 saturated carbocycles. The van der Waals surface area contributed by atoms with Gasteiger partial charge < -0.3 is 9.47 Å². The smallest absolute Gasteiger partial charge is 0.216 e. The highest BCUT2D eigenvalue weighted by atomic mass is 35.5. The van der Waals surface area contributed by atoms with E-state index in [-0.39, 0.29) is 6.61 Å². The van der Waals surface area contributed by atoms with Gasteiger partial charge in [-0.2, -0.15) is 14.9 Å².